The highest BCUT2D eigenvalue weighted by atomic mass is 16.5. The second-order valence-electron chi connectivity index (χ2n) is 6.52. The lowest BCUT2D eigenvalue weighted by molar-refractivity contribution is 0.102. The summed E-state index contributed by atoms with van der Waals surface area (Å²) >= 11 is 0. The summed E-state index contributed by atoms with van der Waals surface area (Å²) in [7, 11) is 1.61. The van der Waals surface area contributed by atoms with Gasteiger partial charge in [-0.05, 0) is 53.9 Å². The Kier molecular flexibility index (Phi) is 4.75. The number of benzene rings is 2. The first-order valence-electron chi connectivity index (χ1n) is 8.96. The summed E-state index contributed by atoms with van der Waals surface area (Å²) in [5, 5.41) is 2.85. The molecule has 0 unspecified atom stereocenters. The minimum absolute atomic E-state index is 0.226. The largest absolute Gasteiger partial charge is 0.497 e. The number of amides is 1. The van der Waals surface area contributed by atoms with Gasteiger partial charge in [0.15, 0.2) is 0 Å². The lowest BCUT2D eigenvalue weighted by Gasteiger charge is -2.30. The van der Waals surface area contributed by atoms with Crippen LogP contribution in [-0.4, -0.2) is 24.5 Å². The van der Waals surface area contributed by atoms with Crippen LogP contribution in [0.4, 0.5) is 11.4 Å². The van der Waals surface area contributed by atoms with Crippen LogP contribution in [0.25, 0.3) is 0 Å². The van der Waals surface area contributed by atoms with Gasteiger partial charge in [0.25, 0.3) is 5.91 Å². The van der Waals surface area contributed by atoms with Gasteiger partial charge in [-0.15, -0.1) is 0 Å². The van der Waals surface area contributed by atoms with Crippen molar-refractivity contribution in [2.75, 3.05) is 23.9 Å². The van der Waals surface area contributed by atoms with Gasteiger partial charge in [-0.3, -0.25) is 4.79 Å². The lowest BCUT2D eigenvalue weighted by Crippen LogP contribution is -2.30. The zero-order chi connectivity index (χ0) is 18.6. The van der Waals surface area contributed by atoms with E-state index in [1.807, 2.05) is 6.07 Å². The van der Waals surface area contributed by atoms with Crippen molar-refractivity contribution in [3.05, 3.63) is 83.7 Å². The summed E-state index contributed by atoms with van der Waals surface area (Å²) in [5.41, 5.74) is 4.90. The second-order valence-corrected chi connectivity index (χ2v) is 6.52. The van der Waals surface area contributed by atoms with Crippen LogP contribution in [0.3, 0.4) is 0 Å². The Morgan fingerprint density at radius 3 is 2.52 bits per heavy atom. The SMILES string of the molecule is COc1ccc(NC(=O)c2ccc(N3CCc4ccccc4C3)cn2)cc1. The van der Waals surface area contributed by atoms with Gasteiger partial charge in [-0.25, -0.2) is 4.98 Å². The van der Waals surface area contributed by atoms with Gasteiger partial charge in [0.2, 0.25) is 0 Å². The van der Waals surface area contributed by atoms with E-state index in [-0.39, 0.29) is 5.91 Å². The third kappa shape index (κ3) is 3.77. The molecule has 1 N–H and O–H groups in total. The number of carbonyl (C=O) groups is 1. The third-order valence-corrected chi connectivity index (χ3v) is 4.82. The maximum absolute atomic E-state index is 12.4. The number of nitrogens with one attached hydrogen (secondary N) is 1. The highest BCUT2D eigenvalue weighted by Gasteiger charge is 2.17. The first-order valence-corrected chi connectivity index (χ1v) is 8.96. The van der Waals surface area contributed by atoms with Gasteiger partial charge in [-0.2, -0.15) is 0 Å². The number of hydrogen-bond acceptors (Lipinski definition) is 4. The molecule has 1 aromatic heterocycles. The van der Waals surface area contributed by atoms with Crippen molar-refractivity contribution >= 4 is 17.3 Å². The van der Waals surface area contributed by atoms with Crippen LogP contribution in [0.2, 0.25) is 0 Å². The standard InChI is InChI=1S/C22H21N3O2/c1-27-20-9-6-18(7-10-20)24-22(26)21-11-8-19(14-23-21)25-13-12-16-4-2-3-5-17(16)15-25/h2-11,14H,12-13,15H2,1H3,(H,24,26). The molecule has 5 nitrogen and oxygen atoms in total. The number of nitrogens with zero attached hydrogens (tertiary/aromatic N) is 2. The van der Waals surface area contributed by atoms with Gasteiger partial charge in [-0.1, -0.05) is 24.3 Å². The minimum Gasteiger partial charge on any atom is -0.497 e. The van der Waals surface area contributed by atoms with E-state index in [4.69, 9.17) is 4.74 Å². The van der Waals surface area contributed by atoms with Crippen molar-refractivity contribution in [1.82, 2.24) is 4.98 Å². The molecule has 0 radical (unpaired) electrons. The molecule has 0 bridgehead atoms. The molecule has 3 aromatic rings. The molecule has 1 amide bonds. The molecule has 0 spiro atoms. The molecule has 2 heterocycles. The number of hydrogen-bond donors (Lipinski definition) is 1. The summed E-state index contributed by atoms with van der Waals surface area (Å²) in [4.78, 5) is 19.1. The summed E-state index contributed by atoms with van der Waals surface area (Å²) in [5.74, 6) is 0.522. The molecule has 0 saturated carbocycles. The Labute approximate surface area is 158 Å². The number of aromatic nitrogens is 1. The maximum atomic E-state index is 12.4. The quantitative estimate of drug-likeness (QED) is 0.767. The van der Waals surface area contributed by atoms with Crippen LogP contribution in [0, 0.1) is 0 Å². The lowest BCUT2D eigenvalue weighted by atomic mass is 10.00. The van der Waals surface area contributed by atoms with E-state index in [1.54, 1.807) is 43.6 Å². The van der Waals surface area contributed by atoms with E-state index < -0.39 is 0 Å². The number of carbonyl (C=O) groups excluding carboxylic acids is 1. The second kappa shape index (κ2) is 7.50. The molecule has 0 saturated heterocycles. The molecular weight excluding hydrogens is 338 g/mol. The van der Waals surface area contributed by atoms with Crippen molar-refractivity contribution in [2.24, 2.45) is 0 Å². The van der Waals surface area contributed by atoms with Crippen LogP contribution < -0.4 is 15.0 Å². The number of methoxy groups -OCH3 is 1. The Hall–Kier alpha value is -3.34. The van der Waals surface area contributed by atoms with Crippen molar-refractivity contribution in [3.8, 4) is 5.75 Å². The molecule has 2 aromatic carbocycles. The molecule has 0 atom stereocenters. The fourth-order valence-corrected chi connectivity index (χ4v) is 3.29. The number of pyridine rings is 1. The van der Waals surface area contributed by atoms with Crippen molar-refractivity contribution in [3.63, 3.8) is 0 Å². The van der Waals surface area contributed by atoms with E-state index in [9.17, 15) is 4.79 Å². The van der Waals surface area contributed by atoms with E-state index in [2.05, 4.69) is 39.5 Å². The van der Waals surface area contributed by atoms with Crippen LogP contribution in [0.1, 0.15) is 21.6 Å². The van der Waals surface area contributed by atoms with E-state index >= 15 is 0 Å². The number of rotatable bonds is 4. The predicted molar refractivity (Wildman–Crippen MR) is 106 cm³/mol. The molecule has 1 aliphatic heterocycles. The minimum atomic E-state index is -0.226. The molecule has 4 rings (SSSR count). The summed E-state index contributed by atoms with van der Waals surface area (Å²) in [6.07, 6.45) is 2.80. The predicted octanol–water partition coefficient (Wildman–Crippen LogP) is 3.91. The topological polar surface area (TPSA) is 54.5 Å². The van der Waals surface area contributed by atoms with Gasteiger partial charge in [0.1, 0.15) is 11.4 Å². The Bertz CT molecular complexity index is 937. The average molecular weight is 359 g/mol. The molecule has 0 aliphatic carbocycles. The first kappa shape index (κ1) is 17.1. The van der Waals surface area contributed by atoms with Gasteiger partial charge < -0.3 is 15.0 Å². The maximum Gasteiger partial charge on any atom is 0.274 e. The van der Waals surface area contributed by atoms with Crippen molar-refractivity contribution in [2.45, 2.75) is 13.0 Å². The van der Waals surface area contributed by atoms with E-state index in [0.717, 1.165) is 30.9 Å². The monoisotopic (exact) mass is 359 g/mol. The van der Waals surface area contributed by atoms with Crippen molar-refractivity contribution < 1.29 is 9.53 Å². The fraction of sp³-hybridized carbons (Fsp3) is 0.182. The molecular formula is C22H21N3O2. The van der Waals surface area contributed by atoms with Crippen LogP contribution >= 0.6 is 0 Å². The summed E-state index contributed by atoms with van der Waals surface area (Å²) in [6.45, 7) is 1.82. The fourth-order valence-electron chi connectivity index (χ4n) is 3.29. The van der Waals surface area contributed by atoms with Gasteiger partial charge >= 0.3 is 0 Å². The molecule has 1 aliphatic rings. The molecule has 136 valence electrons. The van der Waals surface area contributed by atoms with Crippen LogP contribution in [0.5, 0.6) is 5.75 Å². The number of fused-ring (bicyclic) bond motifs is 1. The van der Waals surface area contributed by atoms with E-state index in [1.165, 1.54) is 11.1 Å². The number of anilines is 2. The summed E-state index contributed by atoms with van der Waals surface area (Å²) < 4.78 is 5.12. The summed E-state index contributed by atoms with van der Waals surface area (Å²) in [6, 6.07) is 19.5. The molecule has 5 heteroatoms. The zero-order valence-electron chi connectivity index (χ0n) is 15.2. The van der Waals surface area contributed by atoms with Crippen LogP contribution in [0.15, 0.2) is 66.9 Å². The smallest absolute Gasteiger partial charge is 0.274 e. The third-order valence-electron chi connectivity index (χ3n) is 4.82. The molecule has 0 fully saturated rings. The molecule has 27 heavy (non-hydrogen) atoms. The normalized spacial score (nSPS) is 13.0. The zero-order valence-corrected chi connectivity index (χ0v) is 15.2. The Morgan fingerprint density at radius 1 is 1.04 bits per heavy atom. The van der Waals surface area contributed by atoms with Gasteiger partial charge in [0, 0.05) is 18.8 Å². The number of ether oxygens (including phenoxy) is 1. The Balaban J connectivity index is 1.43. The average Bonchev–Trinajstić information content (AvgIpc) is 2.74. The van der Waals surface area contributed by atoms with Crippen LogP contribution in [-0.2, 0) is 13.0 Å². The van der Waals surface area contributed by atoms with E-state index in [0.29, 0.717) is 11.4 Å². The highest BCUT2D eigenvalue weighted by Crippen LogP contribution is 2.24. The van der Waals surface area contributed by atoms with Gasteiger partial charge in [0.05, 0.1) is 19.0 Å². The Morgan fingerprint density at radius 2 is 1.81 bits per heavy atom. The van der Waals surface area contributed by atoms with Crippen molar-refractivity contribution in [1.29, 1.82) is 0 Å². The highest BCUT2D eigenvalue weighted by molar-refractivity contribution is 6.02. The first-order chi connectivity index (χ1) is 13.2.